The number of rotatable bonds is 12. The van der Waals surface area contributed by atoms with Crippen LogP contribution >= 0.6 is 11.6 Å². The number of nitrogens with zero attached hydrogens (tertiary/aromatic N) is 4. The molecule has 1 amide bonds. The van der Waals surface area contributed by atoms with Gasteiger partial charge in [0.05, 0.1) is 5.39 Å². The zero-order valence-electron chi connectivity index (χ0n) is 27.8. The average Bonchev–Trinajstić information content (AvgIpc) is 3.61. The van der Waals surface area contributed by atoms with Crippen molar-refractivity contribution in [2.45, 2.75) is 82.7 Å². The summed E-state index contributed by atoms with van der Waals surface area (Å²) in [6, 6.07) is 10.4. The molecule has 1 saturated heterocycles. The quantitative estimate of drug-likeness (QED) is 0.149. The predicted molar refractivity (Wildman–Crippen MR) is 180 cm³/mol. The van der Waals surface area contributed by atoms with Crippen LogP contribution in [0.15, 0.2) is 70.4 Å². The molecular formula is C36H39ClF5N5O4. The molecule has 0 unspecified atom stereocenters. The molecule has 1 N–H and O–H groups in total. The molecule has 15 heteroatoms. The lowest BCUT2D eigenvalue weighted by Crippen LogP contribution is -2.48. The smallest absolute Gasteiger partial charge is 0.451 e. The molecule has 4 aromatic rings. The van der Waals surface area contributed by atoms with Crippen molar-refractivity contribution in [1.82, 2.24) is 25.0 Å². The Morgan fingerprint density at radius 2 is 1.76 bits per heavy atom. The zero-order valence-corrected chi connectivity index (χ0v) is 28.6. The van der Waals surface area contributed by atoms with Crippen LogP contribution in [0.5, 0.6) is 5.75 Å². The molecule has 1 aliphatic carbocycles. The maximum Gasteiger partial charge on any atom is 0.499 e. The van der Waals surface area contributed by atoms with Crippen LogP contribution in [0, 0.1) is 11.3 Å². The predicted octanol–water partition coefficient (Wildman–Crippen LogP) is 7.67. The molecule has 1 aliphatic heterocycles. The highest BCUT2D eigenvalue weighted by Crippen LogP contribution is 2.47. The second-order valence-electron chi connectivity index (χ2n) is 13.7. The van der Waals surface area contributed by atoms with Gasteiger partial charge in [-0.25, -0.2) is 4.98 Å². The van der Waals surface area contributed by atoms with Gasteiger partial charge < -0.3 is 19.4 Å². The number of hydrogen-bond donors (Lipinski definition) is 1. The molecule has 1 saturated carbocycles. The molecule has 51 heavy (non-hydrogen) atoms. The zero-order chi connectivity index (χ0) is 36.2. The Balaban J connectivity index is 1.14. The first-order valence-electron chi connectivity index (χ1n) is 17.1. The standard InChI is InChI=1S/C36H39ClF5N5O4/c37-26-8-6-24(7-9-26)18-27(12-15-46-16-13-34(14-17-46,21-47-23-43-22-44-47)25-4-2-1-3-5-25)45-33(49)32-20-30(48)29-19-28(10-11-31(29)50-32)51-36(41,42)35(38,39)40/h6-11,19-20,22-23,25,27H,1-5,12-18,21H2,(H,45,49)/t27-/m1/s1. The molecule has 2 fully saturated rings. The van der Waals surface area contributed by atoms with Crippen molar-refractivity contribution < 1.29 is 35.9 Å². The lowest BCUT2D eigenvalue weighted by Gasteiger charge is -2.48. The maximum atomic E-state index is 13.5. The van der Waals surface area contributed by atoms with Crippen LogP contribution < -0.4 is 15.5 Å². The SMILES string of the molecule is O=C(N[C@H](CCN1CCC(Cn2cncn2)(C2CCCCC2)CC1)Cc1ccc(Cl)cc1)c1cc(=O)c2cc(OC(F)(F)C(F)(F)F)ccc2o1. The van der Waals surface area contributed by atoms with Gasteiger partial charge in [-0.05, 0) is 98.8 Å². The van der Waals surface area contributed by atoms with Gasteiger partial charge in [0.25, 0.3) is 5.91 Å². The molecular weight excluding hydrogens is 697 g/mol. The lowest BCUT2D eigenvalue weighted by molar-refractivity contribution is -0.360. The van der Waals surface area contributed by atoms with Crippen LogP contribution in [0.4, 0.5) is 22.0 Å². The van der Waals surface area contributed by atoms with Crippen LogP contribution in [0.1, 0.15) is 67.5 Å². The van der Waals surface area contributed by atoms with Crippen molar-refractivity contribution >= 4 is 28.5 Å². The average molecular weight is 736 g/mol. The van der Waals surface area contributed by atoms with Gasteiger partial charge in [-0.1, -0.05) is 43.0 Å². The number of likely N-dealkylation sites (tertiary alicyclic amines) is 1. The molecule has 274 valence electrons. The summed E-state index contributed by atoms with van der Waals surface area (Å²) in [5.74, 6) is -1.23. The fourth-order valence-electron chi connectivity index (χ4n) is 7.51. The minimum absolute atomic E-state index is 0.154. The van der Waals surface area contributed by atoms with Gasteiger partial charge in [-0.3, -0.25) is 14.3 Å². The summed E-state index contributed by atoms with van der Waals surface area (Å²) in [7, 11) is 0. The summed E-state index contributed by atoms with van der Waals surface area (Å²) in [6.07, 6.45) is 1.37. The molecule has 2 aromatic heterocycles. The van der Waals surface area contributed by atoms with E-state index in [2.05, 4.69) is 25.0 Å². The van der Waals surface area contributed by atoms with Gasteiger partial charge in [-0.15, -0.1) is 0 Å². The van der Waals surface area contributed by atoms with E-state index >= 15 is 0 Å². The van der Waals surface area contributed by atoms with E-state index in [-0.39, 0.29) is 28.2 Å². The topological polar surface area (TPSA) is 102 Å². The summed E-state index contributed by atoms with van der Waals surface area (Å²) in [4.78, 5) is 33.0. The monoisotopic (exact) mass is 735 g/mol. The van der Waals surface area contributed by atoms with Crippen molar-refractivity contribution in [3.05, 3.63) is 87.8 Å². The molecule has 9 nitrogen and oxygen atoms in total. The molecule has 6 rings (SSSR count). The van der Waals surface area contributed by atoms with Crippen LogP contribution in [-0.4, -0.2) is 63.5 Å². The number of halogens is 6. The number of carbonyl (C=O) groups is 1. The van der Waals surface area contributed by atoms with Gasteiger partial charge in [0.2, 0.25) is 0 Å². The highest BCUT2D eigenvalue weighted by atomic mass is 35.5. The third-order valence-corrected chi connectivity index (χ3v) is 10.5. The van der Waals surface area contributed by atoms with Crippen LogP contribution in [0.2, 0.25) is 5.02 Å². The largest absolute Gasteiger partial charge is 0.499 e. The number of fused-ring (bicyclic) bond motifs is 1. The second kappa shape index (κ2) is 15.3. The normalized spacial score (nSPS) is 18.1. The van der Waals surface area contributed by atoms with Crippen LogP contribution in [0.3, 0.4) is 0 Å². The Bertz CT molecular complexity index is 1840. The first-order valence-corrected chi connectivity index (χ1v) is 17.5. The Kier molecular flexibility index (Phi) is 11.0. The summed E-state index contributed by atoms with van der Waals surface area (Å²) < 4.78 is 76.2. The van der Waals surface area contributed by atoms with Crippen molar-refractivity contribution in [2.24, 2.45) is 11.3 Å². The van der Waals surface area contributed by atoms with E-state index in [4.69, 9.17) is 16.0 Å². The fraction of sp³-hybridized carbons (Fsp3) is 0.500. The molecule has 2 aliphatic rings. The second-order valence-corrected chi connectivity index (χ2v) is 14.1. The summed E-state index contributed by atoms with van der Waals surface area (Å²) in [5.41, 5.74) is 0.110. The van der Waals surface area contributed by atoms with Crippen LogP contribution in [0.25, 0.3) is 11.0 Å². The highest BCUT2D eigenvalue weighted by molar-refractivity contribution is 6.30. The van der Waals surface area contributed by atoms with Gasteiger partial charge in [-0.2, -0.15) is 27.1 Å². The molecule has 0 spiro atoms. The molecule has 2 aromatic carbocycles. The minimum Gasteiger partial charge on any atom is -0.451 e. The molecule has 3 heterocycles. The van der Waals surface area contributed by atoms with E-state index in [0.29, 0.717) is 23.8 Å². The lowest BCUT2D eigenvalue weighted by atomic mass is 9.63. The first kappa shape index (κ1) is 36.7. The van der Waals surface area contributed by atoms with Gasteiger partial charge in [0.1, 0.15) is 24.0 Å². The number of nitrogens with one attached hydrogen (secondary N) is 1. The van der Waals surface area contributed by atoms with E-state index < -0.39 is 29.4 Å². The number of benzene rings is 2. The number of aromatic nitrogens is 3. The Labute approximate surface area is 296 Å². The minimum atomic E-state index is -5.96. The highest BCUT2D eigenvalue weighted by Gasteiger charge is 2.61. The van der Waals surface area contributed by atoms with E-state index in [1.54, 1.807) is 24.8 Å². The number of ether oxygens (including phenoxy) is 1. The van der Waals surface area contributed by atoms with Crippen molar-refractivity contribution in [2.75, 3.05) is 19.6 Å². The van der Waals surface area contributed by atoms with Gasteiger partial charge >= 0.3 is 12.3 Å². The number of piperidine rings is 1. The third kappa shape index (κ3) is 8.89. The summed E-state index contributed by atoms with van der Waals surface area (Å²) in [6.45, 7) is 3.39. The van der Waals surface area contributed by atoms with Gasteiger partial charge in [0.15, 0.2) is 11.2 Å². The maximum absolute atomic E-state index is 13.5. The van der Waals surface area contributed by atoms with Crippen molar-refractivity contribution in [3.63, 3.8) is 0 Å². The van der Waals surface area contributed by atoms with Crippen molar-refractivity contribution in [1.29, 1.82) is 0 Å². The Morgan fingerprint density at radius 3 is 2.43 bits per heavy atom. The first-order chi connectivity index (χ1) is 24.3. The molecule has 0 radical (unpaired) electrons. The molecule has 0 bridgehead atoms. The van der Waals surface area contributed by atoms with Crippen LogP contribution in [-0.2, 0) is 13.0 Å². The number of alkyl halides is 5. The van der Waals surface area contributed by atoms with Crippen molar-refractivity contribution in [3.8, 4) is 5.75 Å². The molecule has 1 atom stereocenters. The van der Waals surface area contributed by atoms with Gasteiger partial charge in [0, 0.05) is 30.2 Å². The van der Waals surface area contributed by atoms with E-state index in [0.717, 1.165) is 68.8 Å². The summed E-state index contributed by atoms with van der Waals surface area (Å²) >= 11 is 6.10. The van der Waals surface area contributed by atoms with E-state index in [1.165, 1.54) is 32.1 Å². The number of hydrogen-bond acceptors (Lipinski definition) is 7. The number of carbonyl (C=O) groups excluding carboxylic acids is 1. The van der Waals surface area contributed by atoms with E-state index in [1.807, 2.05) is 16.8 Å². The Morgan fingerprint density at radius 1 is 1.04 bits per heavy atom. The summed E-state index contributed by atoms with van der Waals surface area (Å²) in [5, 5.41) is 7.66. The third-order valence-electron chi connectivity index (χ3n) is 10.3. The Hall–Kier alpha value is -4.04. The van der Waals surface area contributed by atoms with E-state index in [9.17, 15) is 31.5 Å². The fourth-order valence-corrected chi connectivity index (χ4v) is 7.64. The number of amides is 1.